The zero-order valence-corrected chi connectivity index (χ0v) is 21.8. The fraction of sp³-hybridized carbons (Fsp3) is 1.00. The summed E-state index contributed by atoms with van der Waals surface area (Å²) in [5, 5.41) is 20.8. The van der Waals surface area contributed by atoms with Crippen LogP contribution < -0.4 is 0 Å². The van der Waals surface area contributed by atoms with Crippen LogP contribution in [0.25, 0.3) is 0 Å². The fourth-order valence-electron chi connectivity index (χ4n) is 5.49. The molecule has 0 radical (unpaired) electrons. The number of hydrogen-bond donors (Lipinski definition) is 2. The number of rotatable bonds is 4. The van der Waals surface area contributed by atoms with Crippen molar-refractivity contribution >= 4 is 34.7 Å². The summed E-state index contributed by atoms with van der Waals surface area (Å²) in [6.07, 6.45) is 7.50. The van der Waals surface area contributed by atoms with Gasteiger partial charge in [0, 0.05) is 51.4 Å². The second kappa shape index (κ2) is 10.4. The molecule has 0 bridgehead atoms. The average molecular weight is 468 g/mol. The minimum Gasteiger partial charge on any atom is -0.386 e. The van der Waals surface area contributed by atoms with Gasteiger partial charge in [0.05, 0.1) is 0 Å². The summed E-state index contributed by atoms with van der Waals surface area (Å²) in [7, 11) is 11.3. The molecule has 4 saturated heterocycles. The average Bonchev–Trinajstić information content (AvgIpc) is 2.66. The normalized spacial score (nSPS) is 34.9. The van der Waals surface area contributed by atoms with Crippen molar-refractivity contribution in [1.29, 1.82) is 0 Å². The van der Waals surface area contributed by atoms with Crippen LogP contribution in [0.2, 0.25) is 0 Å². The quantitative estimate of drug-likeness (QED) is 0.614. The van der Waals surface area contributed by atoms with Gasteiger partial charge in [-0.25, -0.2) is 0 Å². The number of β-amino-alcohol motifs (C(OH)–C–C–N with tert-alkyl or cyclic N) is 2. The first kappa shape index (κ1) is 24.1. The molecule has 4 rings (SSSR count). The Bertz CT molecular complexity index is 462. The van der Waals surface area contributed by atoms with Gasteiger partial charge < -0.3 is 20.0 Å². The van der Waals surface area contributed by atoms with Gasteiger partial charge in [0.25, 0.3) is 0 Å². The Hall–Kier alpha value is 1.48. The molecule has 0 aromatic rings. The van der Waals surface area contributed by atoms with Crippen LogP contribution in [-0.2, 0) is 0 Å². The number of hydrogen-bond acceptors (Lipinski definition) is 6. The third kappa shape index (κ3) is 5.45. The molecule has 0 aliphatic carbocycles. The van der Waals surface area contributed by atoms with Gasteiger partial charge in [-0.15, -0.1) is 0 Å². The van der Waals surface area contributed by atoms with Crippen molar-refractivity contribution in [2.45, 2.75) is 61.8 Å². The summed E-state index contributed by atoms with van der Waals surface area (Å²) in [5.41, 5.74) is -0.836. The van der Waals surface area contributed by atoms with E-state index >= 15 is 0 Å². The smallest absolute Gasteiger partial charge is 0.106 e. The standard InChI is InChI=1S/2C9H20N2OP2/c2*1-10-6-9(12,7-10)8-4-2-3-5-11(8)14-13/h2*8,12,14H,2-7,13H2,1H3/t2*8-/m10/s1. The maximum absolute atomic E-state index is 10.4. The Kier molecular flexibility index (Phi) is 8.96. The summed E-state index contributed by atoms with van der Waals surface area (Å²) in [4.78, 5) is 4.39. The minimum absolute atomic E-state index is 0.406. The molecule has 164 valence electrons. The zero-order chi connectivity index (χ0) is 20.4. The molecule has 0 spiro atoms. The molecular weight excluding hydrogens is 428 g/mol. The minimum atomic E-state index is -0.418. The van der Waals surface area contributed by atoms with Crippen LogP contribution in [0.15, 0.2) is 0 Å². The van der Waals surface area contributed by atoms with Crippen molar-refractivity contribution in [2.75, 3.05) is 53.4 Å². The molecule has 0 amide bonds. The monoisotopic (exact) mass is 468 g/mol. The van der Waals surface area contributed by atoms with Gasteiger partial charge in [-0.1, -0.05) is 30.7 Å². The second-order valence-electron chi connectivity index (χ2n) is 9.22. The third-order valence-corrected chi connectivity index (χ3v) is 10.5. The highest BCUT2D eigenvalue weighted by molar-refractivity contribution is 8.01. The van der Waals surface area contributed by atoms with Crippen molar-refractivity contribution in [3.63, 3.8) is 0 Å². The molecule has 0 aromatic carbocycles. The lowest BCUT2D eigenvalue weighted by atomic mass is 9.82. The summed E-state index contributed by atoms with van der Waals surface area (Å²) in [5.74, 6) is 0. The van der Waals surface area contributed by atoms with E-state index in [0.29, 0.717) is 12.1 Å². The predicted molar refractivity (Wildman–Crippen MR) is 130 cm³/mol. The lowest BCUT2D eigenvalue weighted by Crippen LogP contribution is -2.69. The van der Waals surface area contributed by atoms with E-state index in [-0.39, 0.29) is 0 Å². The first-order valence-electron chi connectivity index (χ1n) is 10.6. The van der Waals surface area contributed by atoms with Gasteiger partial charge >= 0.3 is 0 Å². The van der Waals surface area contributed by atoms with Gasteiger partial charge in [0.15, 0.2) is 0 Å². The summed E-state index contributed by atoms with van der Waals surface area (Å²) < 4.78 is 4.89. The van der Waals surface area contributed by atoms with E-state index in [1.54, 1.807) is 0 Å². The summed E-state index contributed by atoms with van der Waals surface area (Å²) in [6, 6.07) is 0.812. The molecule has 2 N–H and O–H groups in total. The van der Waals surface area contributed by atoms with Crippen molar-refractivity contribution in [2.24, 2.45) is 0 Å². The molecule has 4 aliphatic rings. The Labute approximate surface area is 179 Å². The van der Waals surface area contributed by atoms with Crippen LogP contribution in [0.4, 0.5) is 0 Å². The summed E-state index contributed by atoms with van der Waals surface area (Å²) in [6.45, 7) is 5.73. The maximum atomic E-state index is 10.4. The molecular formula is C18H40N4O2P4. The molecule has 4 aliphatic heterocycles. The van der Waals surface area contributed by atoms with Crippen LogP contribution in [0, 0.1) is 0 Å². The van der Waals surface area contributed by atoms with Crippen molar-refractivity contribution in [3.8, 4) is 0 Å². The van der Waals surface area contributed by atoms with E-state index in [2.05, 4.69) is 51.1 Å². The van der Waals surface area contributed by atoms with Crippen LogP contribution in [0.3, 0.4) is 0 Å². The molecule has 28 heavy (non-hydrogen) atoms. The summed E-state index contributed by atoms with van der Waals surface area (Å²) >= 11 is 0. The van der Waals surface area contributed by atoms with Gasteiger partial charge in [0.1, 0.15) is 11.2 Å². The Morgan fingerprint density at radius 3 is 1.36 bits per heavy atom. The van der Waals surface area contributed by atoms with Gasteiger partial charge in [0.2, 0.25) is 0 Å². The first-order valence-corrected chi connectivity index (χ1v) is 16.1. The topological polar surface area (TPSA) is 53.4 Å². The molecule has 0 aromatic heterocycles. The van der Waals surface area contributed by atoms with E-state index in [1.807, 2.05) is 0 Å². The molecule has 4 heterocycles. The van der Waals surface area contributed by atoms with E-state index in [4.69, 9.17) is 0 Å². The third-order valence-electron chi connectivity index (χ3n) is 6.75. The van der Waals surface area contributed by atoms with E-state index in [1.165, 1.54) is 51.6 Å². The molecule has 10 heteroatoms. The first-order chi connectivity index (χ1) is 13.3. The van der Waals surface area contributed by atoms with Crippen LogP contribution >= 0.6 is 34.7 Å². The Morgan fingerprint density at radius 1 is 0.714 bits per heavy atom. The number of aliphatic hydroxyl groups is 2. The number of likely N-dealkylation sites (N-methyl/N-ethyl adjacent to an activating group) is 2. The molecule has 4 fully saturated rings. The van der Waals surface area contributed by atoms with Gasteiger partial charge in [-0.05, 0) is 56.6 Å². The lowest BCUT2D eigenvalue weighted by Gasteiger charge is -2.53. The van der Waals surface area contributed by atoms with Crippen molar-refractivity contribution in [1.82, 2.24) is 19.1 Å². The van der Waals surface area contributed by atoms with Crippen molar-refractivity contribution in [3.05, 3.63) is 0 Å². The van der Waals surface area contributed by atoms with E-state index in [0.717, 1.165) is 43.0 Å². The van der Waals surface area contributed by atoms with Crippen LogP contribution in [0.1, 0.15) is 38.5 Å². The molecule has 0 saturated carbocycles. The van der Waals surface area contributed by atoms with E-state index < -0.39 is 11.2 Å². The predicted octanol–water partition coefficient (Wildman–Crippen LogP) is 1.80. The second-order valence-corrected chi connectivity index (χ2v) is 12.4. The Morgan fingerprint density at radius 2 is 1.07 bits per heavy atom. The van der Waals surface area contributed by atoms with Crippen molar-refractivity contribution < 1.29 is 10.2 Å². The van der Waals surface area contributed by atoms with E-state index in [9.17, 15) is 10.2 Å². The van der Waals surface area contributed by atoms with Gasteiger partial charge in [-0.3, -0.25) is 9.34 Å². The highest BCUT2D eigenvalue weighted by atomic mass is 32.0. The fourth-order valence-corrected chi connectivity index (χ4v) is 9.02. The highest BCUT2D eigenvalue weighted by Gasteiger charge is 2.49. The molecule has 6 nitrogen and oxygen atoms in total. The SMILES string of the molecule is CN1CC(O)([C@@H]2CCCCN2PP)C1.CN1CC(O)([C@H]2CCCCN2PP)C1. The molecule has 6 atom stereocenters. The number of piperidine rings is 2. The van der Waals surface area contributed by atoms with Crippen LogP contribution in [-0.4, -0.2) is 106 Å². The zero-order valence-electron chi connectivity index (χ0n) is 17.5. The number of likely N-dealkylation sites (tertiary alicyclic amines) is 2. The van der Waals surface area contributed by atoms with Crippen LogP contribution in [0.5, 0.6) is 0 Å². The maximum Gasteiger partial charge on any atom is 0.106 e. The molecule has 4 unspecified atom stereocenters. The largest absolute Gasteiger partial charge is 0.386 e. The Balaban J connectivity index is 0.000000161. The lowest BCUT2D eigenvalue weighted by molar-refractivity contribution is -0.130. The highest BCUT2D eigenvalue weighted by Crippen LogP contribution is 2.41. The number of nitrogens with zero attached hydrogens (tertiary/aromatic N) is 4. The van der Waals surface area contributed by atoms with Gasteiger partial charge in [-0.2, -0.15) is 0 Å².